The van der Waals surface area contributed by atoms with Gasteiger partial charge >= 0.3 is 0 Å². The summed E-state index contributed by atoms with van der Waals surface area (Å²) < 4.78 is 10.2. The van der Waals surface area contributed by atoms with Crippen LogP contribution >= 0.6 is 0 Å². The van der Waals surface area contributed by atoms with Gasteiger partial charge in [-0.2, -0.15) is 0 Å². The van der Waals surface area contributed by atoms with Crippen molar-refractivity contribution in [3.8, 4) is 5.75 Å². The van der Waals surface area contributed by atoms with Gasteiger partial charge < -0.3 is 9.47 Å². The maximum Gasteiger partial charge on any atom is 0.264 e. The van der Waals surface area contributed by atoms with E-state index in [0.717, 1.165) is 11.3 Å². The molecule has 114 valence electrons. The summed E-state index contributed by atoms with van der Waals surface area (Å²) in [5, 5.41) is 0. The Labute approximate surface area is 124 Å². The van der Waals surface area contributed by atoms with E-state index >= 15 is 0 Å². The van der Waals surface area contributed by atoms with Crippen LogP contribution in [-0.4, -0.2) is 31.6 Å². The lowest BCUT2D eigenvalue weighted by Crippen LogP contribution is -2.42. The van der Waals surface area contributed by atoms with E-state index in [9.17, 15) is 9.59 Å². The molecule has 0 saturated carbocycles. The Hall–Kier alpha value is -2.34. The van der Waals surface area contributed by atoms with Gasteiger partial charge in [0.1, 0.15) is 12.4 Å². The Morgan fingerprint density at radius 2 is 1.81 bits per heavy atom. The molecule has 6 nitrogen and oxygen atoms in total. The second-order valence-corrected chi connectivity index (χ2v) is 4.01. The molecule has 0 aliphatic heterocycles. The number of benzene rings is 1. The van der Waals surface area contributed by atoms with Crippen LogP contribution < -0.4 is 15.6 Å². The molecule has 1 rings (SSSR count). The van der Waals surface area contributed by atoms with Crippen LogP contribution in [0, 0.1) is 0 Å². The Morgan fingerprint density at radius 1 is 1.10 bits per heavy atom. The van der Waals surface area contributed by atoms with Crippen LogP contribution in [0.3, 0.4) is 0 Å². The predicted molar refractivity (Wildman–Crippen MR) is 79.4 cm³/mol. The van der Waals surface area contributed by atoms with Crippen molar-refractivity contribution in [2.75, 3.05) is 19.8 Å². The van der Waals surface area contributed by atoms with Gasteiger partial charge in [0.05, 0.1) is 6.61 Å². The first-order chi connectivity index (χ1) is 10.2. The summed E-state index contributed by atoms with van der Waals surface area (Å²) in [6.45, 7) is 4.67. The van der Waals surface area contributed by atoms with Crippen molar-refractivity contribution in [1.29, 1.82) is 0 Å². The lowest BCUT2D eigenvalue weighted by Gasteiger charge is -2.05. The van der Waals surface area contributed by atoms with Crippen LogP contribution in [-0.2, 0) is 14.3 Å². The van der Waals surface area contributed by atoms with Gasteiger partial charge in [-0.15, -0.1) is 0 Å². The van der Waals surface area contributed by atoms with Crippen molar-refractivity contribution in [1.82, 2.24) is 10.9 Å². The highest BCUT2D eigenvalue weighted by atomic mass is 16.5. The van der Waals surface area contributed by atoms with E-state index in [0.29, 0.717) is 13.2 Å². The number of hydrogen-bond acceptors (Lipinski definition) is 4. The summed E-state index contributed by atoms with van der Waals surface area (Å²) in [6, 6.07) is 7.32. The molecular formula is C15H20N2O4. The Bertz CT molecular complexity index is 483. The van der Waals surface area contributed by atoms with Gasteiger partial charge in [0.25, 0.3) is 11.8 Å². The lowest BCUT2D eigenvalue weighted by molar-refractivity contribution is -0.129. The second-order valence-electron chi connectivity index (χ2n) is 4.01. The van der Waals surface area contributed by atoms with Crippen LogP contribution in [0.2, 0.25) is 0 Å². The number of hydrogen-bond donors (Lipinski definition) is 2. The fourth-order valence-corrected chi connectivity index (χ4v) is 1.42. The molecule has 6 heteroatoms. The van der Waals surface area contributed by atoms with E-state index in [1.807, 2.05) is 31.2 Å². The van der Waals surface area contributed by atoms with E-state index in [1.54, 1.807) is 13.0 Å². The minimum atomic E-state index is -0.422. The molecule has 21 heavy (non-hydrogen) atoms. The summed E-state index contributed by atoms with van der Waals surface area (Å²) in [4.78, 5) is 22.7. The molecule has 0 saturated heterocycles. The molecule has 0 heterocycles. The minimum absolute atomic E-state index is 0.0839. The maximum absolute atomic E-state index is 11.5. The molecule has 1 aromatic rings. The molecule has 1 aromatic carbocycles. The molecule has 0 radical (unpaired) electrons. The molecule has 0 aromatic heterocycles. The van der Waals surface area contributed by atoms with Gasteiger partial charge in [0.15, 0.2) is 0 Å². The quantitative estimate of drug-likeness (QED) is 0.586. The highest BCUT2D eigenvalue weighted by Crippen LogP contribution is 2.12. The van der Waals surface area contributed by atoms with E-state index in [4.69, 9.17) is 9.47 Å². The van der Waals surface area contributed by atoms with Gasteiger partial charge in [-0.3, -0.25) is 20.4 Å². The monoisotopic (exact) mass is 292 g/mol. The third kappa shape index (κ3) is 7.12. The van der Waals surface area contributed by atoms with Crippen LogP contribution in [0.1, 0.15) is 19.4 Å². The standard InChI is InChI=1S/C15H20N2O4/c1-3-20-11-15(19)17-16-14(18)10-7-12-5-8-13(9-6-12)21-4-2/h5-10H,3-4,11H2,1-2H3,(H,16,18)(H,17,19)/b10-7+. The summed E-state index contributed by atoms with van der Waals surface area (Å²) in [7, 11) is 0. The van der Waals surface area contributed by atoms with Gasteiger partial charge in [0, 0.05) is 12.7 Å². The Morgan fingerprint density at radius 3 is 2.43 bits per heavy atom. The number of rotatable bonds is 7. The van der Waals surface area contributed by atoms with E-state index in [-0.39, 0.29) is 6.61 Å². The Balaban J connectivity index is 2.37. The minimum Gasteiger partial charge on any atom is -0.494 e. The largest absolute Gasteiger partial charge is 0.494 e. The number of ether oxygens (including phenoxy) is 2. The zero-order valence-corrected chi connectivity index (χ0v) is 12.2. The fourth-order valence-electron chi connectivity index (χ4n) is 1.42. The molecule has 0 aliphatic rings. The van der Waals surface area contributed by atoms with Gasteiger partial charge in [-0.05, 0) is 37.6 Å². The predicted octanol–water partition coefficient (Wildman–Crippen LogP) is 1.28. The van der Waals surface area contributed by atoms with Gasteiger partial charge in [0.2, 0.25) is 0 Å². The summed E-state index contributed by atoms with van der Waals surface area (Å²) >= 11 is 0. The van der Waals surface area contributed by atoms with Crippen molar-refractivity contribution < 1.29 is 19.1 Å². The topological polar surface area (TPSA) is 76.7 Å². The summed E-state index contributed by atoms with van der Waals surface area (Å²) in [6.07, 6.45) is 2.97. The van der Waals surface area contributed by atoms with E-state index < -0.39 is 11.8 Å². The van der Waals surface area contributed by atoms with Crippen LogP contribution in [0.25, 0.3) is 6.08 Å². The number of carbonyl (C=O) groups is 2. The first-order valence-electron chi connectivity index (χ1n) is 6.73. The van der Waals surface area contributed by atoms with E-state index in [1.165, 1.54) is 6.08 Å². The van der Waals surface area contributed by atoms with Crippen molar-refractivity contribution in [2.45, 2.75) is 13.8 Å². The first-order valence-corrected chi connectivity index (χ1v) is 6.73. The first kappa shape index (κ1) is 16.7. The average molecular weight is 292 g/mol. The number of hydrazine groups is 1. The van der Waals surface area contributed by atoms with Crippen LogP contribution in [0.15, 0.2) is 30.3 Å². The van der Waals surface area contributed by atoms with Gasteiger partial charge in [-0.1, -0.05) is 12.1 Å². The zero-order chi connectivity index (χ0) is 15.5. The summed E-state index contributed by atoms with van der Waals surface area (Å²) in [5.74, 6) is -0.0457. The summed E-state index contributed by atoms with van der Waals surface area (Å²) in [5.41, 5.74) is 5.36. The molecular weight excluding hydrogens is 272 g/mol. The zero-order valence-electron chi connectivity index (χ0n) is 12.2. The Kier molecular flexibility index (Phi) is 7.60. The number of amides is 2. The van der Waals surface area contributed by atoms with Crippen LogP contribution in [0.4, 0.5) is 0 Å². The lowest BCUT2D eigenvalue weighted by atomic mass is 10.2. The maximum atomic E-state index is 11.5. The number of nitrogens with one attached hydrogen (secondary N) is 2. The molecule has 2 N–H and O–H groups in total. The third-order valence-electron chi connectivity index (χ3n) is 2.38. The molecule has 2 amide bonds. The SMILES string of the molecule is CCOCC(=O)NNC(=O)/C=C/c1ccc(OCC)cc1. The van der Waals surface area contributed by atoms with Crippen molar-refractivity contribution in [3.63, 3.8) is 0 Å². The van der Waals surface area contributed by atoms with Crippen molar-refractivity contribution in [2.24, 2.45) is 0 Å². The van der Waals surface area contributed by atoms with Gasteiger partial charge in [-0.25, -0.2) is 0 Å². The molecule has 0 unspecified atom stereocenters. The average Bonchev–Trinajstić information content (AvgIpc) is 2.50. The highest BCUT2D eigenvalue weighted by molar-refractivity contribution is 5.93. The van der Waals surface area contributed by atoms with Crippen molar-refractivity contribution in [3.05, 3.63) is 35.9 Å². The third-order valence-corrected chi connectivity index (χ3v) is 2.38. The smallest absolute Gasteiger partial charge is 0.264 e. The molecule has 0 spiro atoms. The van der Waals surface area contributed by atoms with Crippen molar-refractivity contribution >= 4 is 17.9 Å². The molecule has 0 bridgehead atoms. The normalized spacial score (nSPS) is 10.4. The number of carbonyl (C=O) groups excluding carboxylic acids is 2. The second kappa shape index (κ2) is 9.55. The molecule has 0 fully saturated rings. The highest BCUT2D eigenvalue weighted by Gasteiger charge is 2.01. The molecule has 0 atom stereocenters. The molecule has 0 aliphatic carbocycles. The van der Waals surface area contributed by atoms with E-state index in [2.05, 4.69) is 10.9 Å². The fraction of sp³-hybridized carbons (Fsp3) is 0.333. The van der Waals surface area contributed by atoms with Crippen LogP contribution in [0.5, 0.6) is 5.75 Å².